The Morgan fingerprint density at radius 1 is 1.43 bits per heavy atom. The van der Waals surface area contributed by atoms with Crippen molar-refractivity contribution in [3.8, 4) is 11.4 Å². The van der Waals surface area contributed by atoms with Crippen molar-refractivity contribution in [2.24, 2.45) is 5.73 Å². The molecule has 72 valence electrons. The third-order valence-corrected chi connectivity index (χ3v) is 2.03. The molecule has 4 nitrogen and oxygen atoms in total. The van der Waals surface area contributed by atoms with Gasteiger partial charge in [-0.3, -0.25) is 4.98 Å². The van der Waals surface area contributed by atoms with Gasteiger partial charge in [0.05, 0.1) is 12.2 Å². The second-order valence-electron chi connectivity index (χ2n) is 3.08. The summed E-state index contributed by atoms with van der Waals surface area (Å²) in [5.74, 6) is 0.795. The molecule has 0 aliphatic heterocycles. The largest absolute Gasteiger partial charge is 0.344 e. The number of rotatable bonds is 2. The Bertz CT molecular complexity index is 419. The smallest absolute Gasteiger partial charge is 0.120 e. The summed E-state index contributed by atoms with van der Waals surface area (Å²) < 4.78 is 0. The molecular formula is C10H12N4. The molecule has 2 aromatic rings. The fraction of sp³-hybridized carbons (Fsp3) is 0.200. The van der Waals surface area contributed by atoms with Crippen molar-refractivity contribution >= 4 is 0 Å². The minimum atomic E-state index is 0.424. The van der Waals surface area contributed by atoms with Gasteiger partial charge in [0.25, 0.3) is 0 Å². The van der Waals surface area contributed by atoms with E-state index < -0.39 is 0 Å². The molecule has 0 spiro atoms. The van der Waals surface area contributed by atoms with Gasteiger partial charge in [-0.05, 0) is 19.1 Å². The van der Waals surface area contributed by atoms with E-state index >= 15 is 0 Å². The van der Waals surface area contributed by atoms with Gasteiger partial charge in [-0.25, -0.2) is 4.98 Å². The molecule has 0 fully saturated rings. The molecule has 0 unspecified atom stereocenters. The van der Waals surface area contributed by atoms with Gasteiger partial charge in [0.15, 0.2) is 0 Å². The van der Waals surface area contributed by atoms with Crippen molar-refractivity contribution in [2.75, 3.05) is 0 Å². The SMILES string of the molecule is Cc1[nH]c(CN)nc1-c1ccccn1. The zero-order chi connectivity index (χ0) is 9.97. The van der Waals surface area contributed by atoms with Crippen LogP contribution in [0.2, 0.25) is 0 Å². The molecule has 0 saturated carbocycles. The molecule has 14 heavy (non-hydrogen) atoms. The molecule has 0 aromatic carbocycles. The van der Waals surface area contributed by atoms with E-state index in [1.807, 2.05) is 25.1 Å². The van der Waals surface area contributed by atoms with Gasteiger partial charge in [-0.1, -0.05) is 6.07 Å². The number of aryl methyl sites for hydroxylation is 1. The van der Waals surface area contributed by atoms with Crippen LogP contribution in [-0.2, 0) is 6.54 Å². The normalized spacial score (nSPS) is 10.4. The molecule has 4 heteroatoms. The number of hydrogen-bond acceptors (Lipinski definition) is 3. The highest BCUT2D eigenvalue weighted by Gasteiger charge is 2.07. The summed E-state index contributed by atoms with van der Waals surface area (Å²) >= 11 is 0. The monoisotopic (exact) mass is 188 g/mol. The van der Waals surface area contributed by atoms with Crippen LogP contribution in [0.25, 0.3) is 11.4 Å². The Kier molecular flexibility index (Phi) is 2.28. The van der Waals surface area contributed by atoms with Gasteiger partial charge in [-0.15, -0.1) is 0 Å². The molecule has 0 bridgehead atoms. The lowest BCUT2D eigenvalue weighted by Crippen LogP contribution is -1.98. The summed E-state index contributed by atoms with van der Waals surface area (Å²) in [6, 6.07) is 5.76. The van der Waals surface area contributed by atoms with Gasteiger partial charge in [-0.2, -0.15) is 0 Å². The summed E-state index contributed by atoms with van der Waals surface area (Å²) in [6.45, 7) is 2.39. The number of nitrogens with zero attached hydrogens (tertiary/aromatic N) is 2. The first-order valence-corrected chi connectivity index (χ1v) is 4.48. The standard InChI is InChI=1S/C10H12N4/c1-7-10(14-9(6-11)13-7)8-4-2-3-5-12-8/h2-5H,6,11H2,1H3,(H,13,14). The van der Waals surface area contributed by atoms with Crippen molar-refractivity contribution in [3.63, 3.8) is 0 Å². The number of pyridine rings is 1. The van der Waals surface area contributed by atoms with Crippen molar-refractivity contribution in [1.82, 2.24) is 15.0 Å². The fourth-order valence-electron chi connectivity index (χ4n) is 1.37. The third kappa shape index (κ3) is 1.52. The number of aromatic nitrogens is 3. The van der Waals surface area contributed by atoms with Crippen molar-refractivity contribution in [2.45, 2.75) is 13.5 Å². The van der Waals surface area contributed by atoms with Gasteiger partial charge in [0.2, 0.25) is 0 Å². The summed E-state index contributed by atoms with van der Waals surface area (Å²) in [7, 11) is 0. The van der Waals surface area contributed by atoms with Crippen LogP contribution in [0.4, 0.5) is 0 Å². The lowest BCUT2D eigenvalue weighted by atomic mass is 10.2. The summed E-state index contributed by atoms with van der Waals surface area (Å²) in [4.78, 5) is 11.7. The molecule has 0 amide bonds. The molecule has 0 atom stereocenters. The van der Waals surface area contributed by atoms with Crippen LogP contribution < -0.4 is 5.73 Å². The Balaban J connectivity index is 2.46. The maximum atomic E-state index is 5.50. The van der Waals surface area contributed by atoms with E-state index in [-0.39, 0.29) is 0 Å². The van der Waals surface area contributed by atoms with E-state index in [4.69, 9.17) is 5.73 Å². The lowest BCUT2D eigenvalue weighted by Gasteiger charge is -1.95. The van der Waals surface area contributed by atoms with Crippen LogP contribution in [0.1, 0.15) is 11.5 Å². The maximum Gasteiger partial charge on any atom is 0.120 e. The Morgan fingerprint density at radius 2 is 2.29 bits per heavy atom. The van der Waals surface area contributed by atoms with E-state index in [1.54, 1.807) is 6.20 Å². The van der Waals surface area contributed by atoms with Gasteiger partial charge in [0, 0.05) is 11.9 Å². The molecule has 3 N–H and O–H groups in total. The second-order valence-corrected chi connectivity index (χ2v) is 3.08. The van der Waals surface area contributed by atoms with Crippen molar-refractivity contribution in [1.29, 1.82) is 0 Å². The van der Waals surface area contributed by atoms with Crippen LogP contribution in [0.15, 0.2) is 24.4 Å². The van der Waals surface area contributed by atoms with Gasteiger partial charge < -0.3 is 10.7 Å². The van der Waals surface area contributed by atoms with E-state index in [0.717, 1.165) is 22.9 Å². The predicted octanol–water partition coefficient (Wildman–Crippen LogP) is 1.24. The number of H-pyrrole nitrogens is 1. The Hall–Kier alpha value is -1.68. The zero-order valence-corrected chi connectivity index (χ0v) is 7.99. The summed E-state index contributed by atoms with van der Waals surface area (Å²) in [6.07, 6.45) is 1.76. The Morgan fingerprint density at radius 3 is 2.86 bits per heavy atom. The summed E-state index contributed by atoms with van der Waals surface area (Å²) in [5, 5.41) is 0. The predicted molar refractivity (Wildman–Crippen MR) is 54.4 cm³/mol. The van der Waals surface area contributed by atoms with Crippen LogP contribution >= 0.6 is 0 Å². The molecule has 0 aliphatic rings. The van der Waals surface area contributed by atoms with E-state index in [2.05, 4.69) is 15.0 Å². The highest BCUT2D eigenvalue weighted by Crippen LogP contribution is 2.17. The molecule has 2 heterocycles. The Labute approximate surface area is 82.2 Å². The first-order valence-electron chi connectivity index (χ1n) is 4.48. The molecule has 0 saturated heterocycles. The van der Waals surface area contributed by atoms with Gasteiger partial charge in [0.1, 0.15) is 11.5 Å². The third-order valence-electron chi connectivity index (χ3n) is 2.03. The first kappa shape index (κ1) is 8.90. The second kappa shape index (κ2) is 3.59. The van der Waals surface area contributed by atoms with Crippen LogP contribution in [0.5, 0.6) is 0 Å². The first-order chi connectivity index (χ1) is 6.81. The summed E-state index contributed by atoms with van der Waals surface area (Å²) in [5.41, 5.74) is 8.26. The quantitative estimate of drug-likeness (QED) is 0.745. The molecular weight excluding hydrogens is 176 g/mol. The highest BCUT2D eigenvalue weighted by molar-refractivity contribution is 5.56. The number of nitrogens with one attached hydrogen (secondary N) is 1. The maximum absolute atomic E-state index is 5.50. The number of hydrogen-bond donors (Lipinski definition) is 2. The number of aromatic amines is 1. The van der Waals surface area contributed by atoms with E-state index in [0.29, 0.717) is 6.54 Å². The topological polar surface area (TPSA) is 67.6 Å². The minimum Gasteiger partial charge on any atom is -0.344 e. The molecule has 2 rings (SSSR count). The highest BCUT2D eigenvalue weighted by atomic mass is 15.0. The van der Waals surface area contributed by atoms with Crippen LogP contribution in [0.3, 0.4) is 0 Å². The molecule has 0 radical (unpaired) electrons. The van der Waals surface area contributed by atoms with Crippen LogP contribution in [0, 0.1) is 6.92 Å². The average Bonchev–Trinajstić information content (AvgIpc) is 2.61. The number of nitrogens with two attached hydrogens (primary N) is 1. The molecule has 0 aliphatic carbocycles. The van der Waals surface area contributed by atoms with Crippen molar-refractivity contribution < 1.29 is 0 Å². The molecule has 2 aromatic heterocycles. The lowest BCUT2D eigenvalue weighted by molar-refractivity contribution is 0.944. The van der Waals surface area contributed by atoms with Crippen LogP contribution in [-0.4, -0.2) is 15.0 Å². The minimum absolute atomic E-state index is 0.424. The van der Waals surface area contributed by atoms with Gasteiger partial charge >= 0.3 is 0 Å². The zero-order valence-electron chi connectivity index (χ0n) is 7.99. The van der Waals surface area contributed by atoms with E-state index in [9.17, 15) is 0 Å². The van der Waals surface area contributed by atoms with E-state index in [1.165, 1.54) is 0 Å². The number of imidazole rings is 1. The van der Waals surface area contributed by atoms with Crippen molar-refractivity contribution in [3.05, 3.63) is 35.9 Å². The average molecular weight is 188 g/mol. The fourth-order valence-corrected chi connectivity index (χ4v) is 1.37.